The van der Waals surface area contributed by atoms with Crippen LogP contribution in [0.15, 0.2) is 18.3 Å². The number of hydrogen-bond acceptors (Lipinski definition) is 4. The van der Waals surface area contributed by atoms with Crippen LogP contribution < -0.4 is 10.1 Å². The van der Waals surface area contributed by atoms with Crippen molar-refractivity contribution in [3.05, 3.63) is 24.0 Å². The summed E-state index contributed by atoms with van der Waals surface area (Å²) < 4.78 is 11.0. The van der Waals surface area contributed by atoms with Gasteiger partial charge in [-0.05, 0) is 39.4 Å². The molecule has 1 N–H and O–H groups in total. The molecule has 102 valence electrons. The second-order valence-corrected chi connectivity index (χ2v) is 4.44. The van der Waals surface area contributed by atoms with Crippen LogP contribution in [0, 0.1) is 0 Å². The molecule has 18 heavy (non-hydrogen) atoms. The minimum Gasteiger partial charge on any atom is -0.490 e. The zero-order valence-electron chi connectivity index (χ0n) is 11.8. The molecule has 0 aromatic carbocycles. The first-order valence-corrected chi connectivity index (χ1v) is 6.55. The first kappa shape index (κ1) is 14.9. The fourth-order valence-electron chi connectivity index (χ4n) is 1.69. The molecule has 1 atom stereocenters. The van der Waals surface area contributed by atoms with E-state index in [4.69, 9.17) is 9.47 Å². The van der Waals surface area contributed by atoms with Crippen molar-refractivity contribution in [1.82, 2.24) is 10.3 Å². The third-order valence-corrected chi connectivity index (χ3v) is 2.68. The van der Waals surface area contributed by atoms with Gasteiger partial charge in [0, 0.05) is 6.04 Å². The topological polar surface area (TPSA) is 43.4 Å². The number of ether oxygens (including phenoxy) is 2. The fraction of sp³-hybridized carbons (Fsp3) is 0.643. The van der Waals surface area contributed by atoms with E-state index in [0.717, 1.165) is 17.9 Å². The number of nitrogens with one attached hydrogen (secondary N) is 1. The zero-order valence-corrected chi connectivity index (χ0v) is 11.8. The van der Waals surface area contributed by atoms with Gasteiger partial charge in [-0.2, -0.15) is 0 Å². The summed E-state index contributed by atoms with van der Waals surface area (Å²) in [5.74, 6) is 0.789. The lowest BCUT2D eigenvalue weighted by atomic mass is 10.1. The molecule has 0 fully saturated rings. The predicted molar refractivity (Wildman–Crippen MR) is 72.9 cm³/mol. The molecule has 0 radical (unpaired) electrons. The molecule has 1 aromatic heterocycles. The summed E-state index contributed by atoms with van der Waals surface area (Å²) in [5.41, 5.74) is 1.05. The summed E-state index contributed by atoms with van der Waals surface area (Å²) in [7, 11) is 1.95. The minimum absolute atomic E-state index is 0.245. The van der Waals surface area contributed by atoms with Crippen LogP contribution in [0.5, 0.6) is 5.75 Å². The van der Waals surface area contributed by atoms with Gasteiger partial charge in [-0.3, -0.25) is 4.98 Å². The Morgan fingerprint density at radius 1 is 1.28 bits per heavy atom. The van der Waals surface area contributed by atoms with Gasteiger partial charge in [0.15, 0.2) is 0 Å². The molecule has 1 rings (SSSR count). The maximum absolute atomic E-state index is 5.55. The minimum atomic E-state index is 0.245. The van der Waals surface area contributed by atoms with Gasteiger partial charge in [-0.25, -0.2) is 0 Å². The molecule has 0 aliphatic rings. The lowest BCUT2D eigenvalue weighted by Crippen LogP contribution is -2.16. The summed E-state index contributed by atoms with van der Waals surface area (Å²) in [4.78, 5) is 4.41. The van der Waals surface area contributed by atoms with Crippen LogP contribution >= 0.6 is 0 Å². The van der Waals surface area contributed by atoms with Crippen LogP contribution in [-0.2, 0) is 4.74 Å². The molecule has 0 saturated heterocycles. The monoisotopic (exact) mass is 252 g/mol. The molecule has 0 aliphatic carbocycles. The van der Waals surface area contributed by atoms with Crippen molar-refractivity contribution >= 4 is 0 Å². The maximum atomic E-state index is 5.55. The molecule has 1 unspecified atom stereocenters. The number of nitrogens with zero attached hydrogens (tertiary/aromatic N) is 1. The Hall–Kier alpha value is -1.13. The van der Waals surface area contributed by atoms with E-state index in [1.807, 2.05) is 33.0 Å². The summed E-state index contributed by atoms with van der Waals surface area (Å²) in [6.07, 6.45) is 3.03. The number of rotatable bonds is 8. The first-order chi connectivity index (χ1) is 8.67. The number of hydrogen-bond donors (Lipinski definition) is 1. The highest BCUT2D eigenvalue weighted by atomic mass is 16.5. The Bertz CT molecular complexity index is 321. The van der Waals surface area contributed by atoms with Crippen LogP contribution in [-0.4, -0.2) is 31.3 Å². The van der Waals surface area contributed by atoms with E-state index in [2.05, 4.69) is 17.2 Å². The van der Waals surface area contributed by atoms with Crippen molar-refractivity contribution < 1.29 is 9.47 Å². The van der Waals surface area contributed by atoms with E-state index >= 15 is 0 Å². The number of aromatic nitrogens is 1. The quantitative estimate of drug-likeness (QED) is 0.722. The summed E-state index contributed by atoms with van der Waals surface area (Å²) in [5, 5.41) is 3.23. The molecule has 0 spiro atoms. The SMILES string of the molecule is CCC(NC)c1ccc(OCCOC(C)C)cn1. The third kappa shape index (κ3) is 5.02. The van der Waals surface area contributed by atoms with Crippen molar-refractivity contribution in [2.24, 2.45) is 0 Å². The smallest absolute Gasteiger partial charge is 0.137 e. The predicted octanol–water partition coefficient (Wildman–Crippen LogP) is 2.56. The van der Waals surface area contributed by atoms with Gasteiger partial charge < -0.3 is 14.8 Å². The van der Waals surface area contributed by atoms with Gasteiger partial charge in [-0.1, -0.05) is 6.92 Å². The van der Waals surface area contributed by atoms with Crippen molar-refractivity contribution in [3.63, 3.8) is 0 Å². The van der Waals surface area contributed by atoms with Crippen molar-refractivity contribution in [3.8, 4) is 5.75 Å². The summed E-state index contributed by atoms with van der Waals surface area (Å²) >= 11 is 0. The third-order valence-electron chi connectivity index (χ3n) is 2.68. The summed E-state index contributed by atoms with van der Waals surface area (Å²) in [6, 6.07) is 4.27. The van der Waals surface area contributed by atoms with E-state index in [1.54, 1.807) is 6.20 Å². The van der Waals surface area contributed by atoms with Gasteiger partial charge >= 0.3 is 0 Å². The van der Waals surface area contributed by atoms with E-state index in [0.29, 0.717) is 19.3 Å². The highest BCUT2D eigenvalue weighted by Gasteiger charge is 2.07. The van der Waals surface area contributed by atoms with Crippen molar-refractivity contribution in [1.29, 1.82) is 0 Å². The maximum Gasteiger partial charge on any atom is 0.137 e. The fourth-order valence-corrected chi connectivity index (χ4v) is 1.69. The van der Waals surface area contributed by atoms with Gasteiger partial charge in [0.05, 0.1) is 24.6 Å². The Labute approximate surface area is 110 Å². The van der Waals surface area contributed by atoms with Crippen LogP contribution in [0.4, 0.5) is 0 Å². The average molecular weight is 252 g/mol. The molecular formula is C14H24N2O2. The Morgan fingerprint density at radius 3 is 2.56 bits per heavy atom. The first-order valence-electron chi connectivity index (χ1n) is 6.55. The molecule has 1 aromatic rings. The molecule has 0 aliphatic heterocycles. The van der Waals surface area contributed by atoms with E-state index < -0.39 is 0 Å². The normalized spacial score (nSPS) is 12.7. The van der Waals surface area contributed by atoms with E-state index in [1.165, 1.54) is 0 Å². The van der Waals surface area contributed by atoms with Gasteiger partial charge in [0.2, 0.25) is 0 Å². The van der Waals surface area contributed by atoms with Crippen LogP contribution in [0.3, 0.4) is 0 Å². The Kier molecular flexibility index (Phi) is 6.68. The van der Waals surface area contributed by atoms with Crippen LogP contribution in [0.2, 0.25) is 0 Å². The molecule has 4 nitrogen and oxygen atoms in total. The second-order valence-electron chi connectivity index (χ2n) is 4.44. The van der Waals surface area contributed by atoms with Gasteiger partial charge in [0.1, 0.15) is 12.4 Å². The zero-order chi connectivity index (χ0) is 13.4. The molecule has 0 amide bonds. The van der Waals surface area contributed by atoms with Crippen molar-refractivity contribution in [2.75, 3.05) is 20.3 Å². The molecule has 0 bridgehead atoms. The van der Waals surface area contributed by atoms with Gasteiger partial charge in [0.25, 0.3) is 0 Å². The van der Waals surface area contributed by atoms with Gasteiger partial charge in [-0.15, -0.1) is 0 Å². The average Bonchev–Trinajstić information content (AvgIpc) is 2.37. The number of pyridine rings is 1. The Morgan fingerprint density at radius 2 is 2.06 bits per heavy atom. The summed E-state index contributed by atoms with van der Waals surface area (Å²) in [6.45, 7) is 7.32. The standard InChI is InChI=1S/C14H24N2O2/c1-5-13(15-4)14-7-6-12(10-16-14)18-9-8-17-11(2)3/h6-7,10-11,13,15H,5,8-9H2,1-4H3. The highest BCUT2D eigenvalue weighted by molar-refractivity contribution is 5.21. The lowest BCUT2D eigenvalue weighted by Gasteiger charge is -2.14. The van der Waals surface area contributed by atoms with Crippen molar-refractivity contribution in [2.45, 2.75) is 39.3 Å². The van der Waals surface area contributed by atoms with E-state index in [9.17, 15) is 0 Å². The molecular weight excluding hydrogens is 228 g/mol. The molecule has 1 heterocycles. The second kappa shape index (κ2) is 8.06. The van der Waals surface area contributed by atoms with Crippen LogP contribution in [0.1, 0.15) is 38.9 Å². The Balaban J connectivity index is 2.40. The van der Waals surface area contributed by atoms with E-state index in [-0.39, 0.29) is 6.10 Å². The van der Waals surface area contributed by atoms with Crippen LogP contribution in [0.25, 0.3) is 0 Å². The highest BCUT2D eigenvalue weighted by Crippen LogP contribution is 2.16. The lowest BCUT2D eigenvalue weighted by molar-refractivity contribution is 0.0552. The molecule has 4 heteroatoms. The largest absolute Gasteiger partial charge is 0.490 e. The molecule has 0 saturated carbocycles.